The quantitative estimate of drug-likeness (QED) is 0.0888. The summed E-state index contributed by atoms with van der Waals surface area (Å²) in [6, 6.07) is 34.1. The molecule has 1 aliphatic heterocycles. The van der Waals surface area contributed by atoms with Crippen molar-refractivity contribution in [3.8, 4) is 22.3 Å². The van der Waals surface area contributed by atoms with E-state index in [2.05, 4.69) is 126 Å². The Labute approximate surface area is 316 Å². The maximum absolute atomic E-state index is 2.78. The summed E-state index contributed by atoms with van der Waals surface area (Å²) in [5, 5.41) is 3.68. The Kier molecular flexibility index (Phi) is 11.2. The fourth-order valence-electron chi connectivity index (χ4n) is 9.61. The molecule has 4 aromatic rings. The summed E-state index contributed by atoms with van der Waals surface area (Å²) >= 11 is -0.987. The van der Waals surface area contributed by atoms with Crippen LogP contribution in [-0.2, 0) is 36.1 Å². The Hall–Kier alpha value is -2.54. The zero-order chi connectivity index (χ0) is 34.8. The van der Waals surface area contributed by atoms with Gasteiger partial charge in [0.1, 0.15) is 0 Å². The molecule has 0 fully saturated rings. The van der Waals surface area contributed by atoms with Gasteiger partial charge in [0, 0.05) is 0 Å². The molecular weight excluding hydrogens is 696 g/mol. The number of aryl methyl sites for hydroxylation is 2. The van der Waals surface area contributed by atoms with E-state index >= 15 is 0 Å². The molecule has 2 aliphatic carbocycles. The number of hydrogen-bond acceptors (Lipinski definition) is 0. The van der Waals surface area contributed by atoms with Gasteiger partial charge in [0.15, 0.2) is 0 Å². The molecule has 3 aliphatic rings. The average molecular weight is 754 g/mol. The summed E-state index contributed by atoms with van der Waals surface area (Å²) in [5.41, 5.74) is 19.2. The predicted octanol–water partition coefficient (Wildman–Crippen LogP) is 14.3. The van der Waals surface area contributed by atoms with Gasteiger partial charge in [0.25, 0.3) is 0 Å². The van der Waals surface area contributed by atoms with E-state index in [9.17, 15) is 0 Å². The van der Waals surface area contributed by atoms with Crippen molar-refractivity contribution in [2.45, 2.75) is 125 Å². The Balaban J connectivity index is 1.46. The van der Waals surface area contributed by atoms with Crippen molar-refractivity contribution < 1.29 is 23.2 Å². The van der Waals surface area contributed by atoms with Crippen LogP contribution in [0.3, 0.4) is 0 Å². The Morgan fingerprint density at radius 1 is 0.500 bits per heavy atom. The van der Waals surface area contributed by atoms with Crippen LogP contribution in [0.25, 0.3) is 32.6 Å². The van der Waals surface area contributed by atoms with Crippen molar-refractivity contribution in [3.05, 3.63) is 129 Å². The van der Waals surface area contributed by atoms with Gasteiger partial charge in [-0.05, 0) is 0 Å². The Bertz CT molecular complexity index is 1750. The van der Waals surface area contributed by atoms with E-state index in [-0.39, 0.29) is 0 Å². The second-order valence-electron chi connectivity index (χ2n) is 15.7. The van der Waals surface area contributed by atoms with Gasteiger partial charge < -0.3 is 0 Å². The summed E-state index contributed by atoms with van der Waals surface area (Å²) in [4.78, 5) is 0. The molecule has 0 nitrogen and oxygen atoms in total. The van der Waals surface area contributed by atoms with Crippen LogP contribution in [0.1, 0.15) is 133 Å². The van der Waals surface area contributed by atoms with Crippen LogP contribution in [0, 0.1) is 0 Å². The number of allylic oxidation sites excluding steroid dienone is 2. The summed E-state index contributed by atoms with van der Waals surface area (Å²) in [6.07, 6.45) is 15.5. The number of fused-ring (bicyclic) bond motifs is 8. The van der Waals surface area contributed by atoms with Crippen LogP contribution >= 0.6 is 0 Å². The zero-order valence-corrected chi connectivity index (χ0v) is 35.2. The van der Waals surface area contributed by atoms with Crippen molar-refractivity contribution in [3.63, 3.8) is 0 Å². The number of hydrogen-bond donors (Lipinski definition) is 0. The van der Waals surface area contributed by atoms with Gasteiger partial charge in [-0.3, -0.25) is 0 Å². The standard InChI is InChI=1S/C48H58Si.Zr/c1-7-11-13-15-19-41-33-39-21-17-23-43(37-29-25-35(9-3)26-30-37)45(39)47(41)49(5,6)48-42(20-16-14-12-8-2)34-40-22-18-24-44(46(40)48)38-31-27-36(10-4)28-32-38;/h17-18,21-34H,7-16,19-20H2,1-6H3;. The fourth-order valence-corrected chi connectivity index (χ4v) is 19.8. The second-order valence-corrected chi connectivity index (χ2v) is 23.6. The van der Waals surface area contributed by atoms with Gasteiger partial charge >= 0.3 is 319 Å². The molecule has 1 heterocycles. The molecule has 0 amide bonds. The van der Waals surface area contributed by atoms with Gasteiger partial charge in [-0.2, -0.15) is 0 Å². The van der Waals surface area contributed by atoms with Crippen molar-refractivity contribution in [2.24, 2.45) is 0 Å². The van der Waals surface area contributed by atoms with Crippen molar-refractivity contribution in [2.75, 3.05) is 0 Å². The minimum atomic E-state index is -2.19. The third-order valence-corrected chi connectivity index (χ3v) is 20.7. The van der Waals surface area contributed by atoms with Crippen LogP contribution in [0.15, 0.2) is 96.1 Å². The normalized spacial score (nSPS) is 18.5. The maximum atomic E-state index is 2.78. The van der Waals surface area contributed by atoms with Gasteiger partial charge in [0.05, 0.1) is 0 Å². The van der Waals surface area contributed by atoms with Crippen LogP contribution in [-0.4, -0.2) is 8.07 Å². The SMILES string of the molecule is CCCCCCC1=C2c3c(-c4ccc(CC)cc4)cccc3[CH]1[Zr][CH]1C(CCCCCC)=C(c3c(-c4ccc(CC)cc4)cccc31)[Si]2(C)C. The van der Waals surface area contributed by atoms with Crippen LogP contribution in [0.5, 0.6) is 0 Å². The molecule has 0 saturated heterocycles. The molecule has 4 aromatic carbocycles. The molecule has 50 heavy (non-hydrogen) atoms. The van der Waals surface area contributed by atoms with Gasteiger partial charge in [-0.1, -0.05) is 0 Å². The topological polar surface area (TPSA) is 0 Å². The second kappa shape index (κ2) is 15.6. The van der Waals surface area contributed by atoms with Crippen LogP contribution in [0.2, 0.25) is 13.1 Å². The molecule has 2 heteroatoms. The van der Waals surface area contributed by atoms with Gasteiger partial charge in [-0.25, -0.2) is 0 Å². The van der Waals surface area contributed by atoms with Gasteiger partial charge in [-0.15, -0.1) is 0 Å². The van der Waals surface area contributed by atoms with Gasteiger partial charge in [0.2, 0.25) is 0 Å². The molecule has 2 unspecified atom stereocenters. The van der Waals surface area contributed by atoms with Crippen molar-refractivity contribution >= 4 is 18.5 Å². The molecule has 0 saturated carbocycles. The molecule has 4 bridgehead atoms. The molecule has 0 N–H and O–H groups in total. The zero-order valence-electron chi connectivity index (χ0n) is 31.7. The van der Waals surface area contributed by atoms with E-state index in [4.69, 9.17) is 0 Å². The summed E-state index contributed by atoms with van der Waals surface area (Å²) in [6.45, 7) is 14.8. The third-order valence-electron chi connectivity index (χ3n) is 12.2. The minimum absolute atomic E-state index is 0.683. The first kappa shape index (κ1) is 35.8. The van der Waals surface area contributed by atoms with Crippen LogP contribution in [0.4, 0.5) is 0 Å². The third kappa shape index (κ3) is 6.51. The molecule has 0 aromatic heterocycles. The van der Waals surface area contributed by atoms with E-state index in [1.165, 1.54) is 97.6 Å². The molecule has 0 radical (unpaired) electrons. The molecule has 7 rings (SSSR count). The van der Waals surface area contributed by atoms with Crippen molar-refractivity contribution in [1.29, 1.82) is 0 Å². The molecule has 258 valence electrons. The number of benzene rings is 4. The van der Waals surface area contributed by atoms with E-state index in [1.54, 1.807) is 22.3 Å². The Morgan fingerprint density at radius 2 is 0.920 bits per heavy atom. The van der Waals surface area contributed by atoms with Crippen molar-refractivity contribution in [1.82, 2.24) is 0 Å². The Morgan fingerprint density at radius 3 is 1.30 bits per heavy atom. The summed E-state index contributed by atoms with van der Waals surface area (Å²) in [5.74, 6) is 0. The molecule has 0 spiro atoms. The average Bonchev–Trinajstić information content (AvgIpc) is 3.66. The summed E-state index contributed by atoms with van der Waals surface area (Å²) < 4.78 is 1.37. The first-order chi connectivity index (χ1) is 24.4. The fraction of sp³-hybridized carbons (Fsp3) is 0.417. The first-order valence-electron chi connectivity index (χ1n) is 20.1. The number of rotatable bonds is 14. The molecular formula is C48H58SiZr. The van der Waals surface area contributed by atoms with E-state index in [1.807, 2.05) is 21.5 Å². The predicted molar refractivity (Wildman–Crippen MR) is 217 cm³/mol. The molecule has 2 atom stereocenters. The number of unbranched alkanes of at least 4 members (excludes halogenated alkanes) is 6. The monoisotopic (exact) mass is 752 g/mol. The summed E-state index contributed by atoms with van der Waals surface area (Å²) in [7, 11) is -2.19. The first-order valence-corrected chi connectivity index (χ1v) is 25.9. The van der Waals surface area contributed by atoms with E-state index < -0.39 is 31.3 Å². The van der Waals surface area contributed by atoms with E-state index in [0.717, 1.165) is 12.8 Å². The van der Waals surface area contributed by atoms with Crippen LogP contribution < -0.4 is 0 Å². The van der Waals surface area contributed by atoms with E-state index in [0.29, 0.717) is 7.25 Å².